The number of carbonyl (C=O) groups is 1. The van der Waals surface area contributed by atoms with Crippen molar-refractivity contribution in [2.75, 3.05) is 6.61 Å². The summed E-state index contributed by atoms with van der Waals surface area (Å²) in [5.74, 6) is 1.31. The number of hydrogen-bond acceptors (Lipinski definition) is 2. The van der Waals surface area contributed by atoms with Gasteiger partial charge in [0, 0.05) is 6.08 Å². The van der Waals surface area contributed by atoms with Gasteiger partial charge in [-0.2, -0.15) is 0 Å². The van der Waals surface area contributed by atoms with Gasteiger partial charge < -0.3 is 4.74 Å². The molecule has 0 aliphatic heterocycles. The molecule has 0 aromatic heterocycles. The fraction of sp³-hybridized carbons (Fsp3) is 0.762. The number of hydrogen-bond donors (Lipinski definition) is 0. The fourth-order valence-corrected chi connectivity index (χ4v) is 2.19. The summed E-state index contributed by atoms with van der Waals surface area (Å²) >= 11 is 0. The molecule has 134 valence electrons. The monoisotopic (exact) mass is 322 g/mol. The van der Waals surface area contributed by atoms with E-state index in [0.717, 1.165) is 17.9 Å². The molecule has 0 heterocycles. The highest BCUT2D eigenvalue weighted by molar-refractivity contribution is 5.83. The molecule has 0 saturated heterocycles. The highest BCUT2D eigenvalue weighted by Crippen LogP contribution is 2.18. The molecule has 2 unspecified atom stereocenters. The molecule has 2 atom stereocenters. The molecule has 0 bridgehead atoms. The quantitative estimate of drug-likeness (QED) is 0.267. The van der Waals surface area contributed by atoms with Crippen LogP contribution in [0.15, 0.2) is 23.8 Å². The van der Waals surface area contributed by atoms with Crippen LogP contribution in [0.25, 0.3) is 0 Å². The number of ether oxygens (including phenoxy) is 1. The van der Waals surface area contributed by atoms with Crippen LogP contribution in [0, 0.1) is 17.3 Å². The first kappa shape index (κ1) is 21.9. The maximum Gasteiger partial charge on any atom is 0.331 e. The van der Waals surface area contributed by atoms with Crippen LogP contribution in [0.4, 0.5) is 0 Å². The summed E-state index contributed by atoms with van der Waals surface area (Å²) < 4.78 is 5.24. The van der Waals surface area contributed by atoms with Crippen molar-refractivity contribution in [3.63, 3.8) is 0 Å². The Labute approximate surface area is 144 Å². The molecule has 0 aliphatic carbocycles. The molecule has 0 N–H and O–H groups in total. The van der Waals surface area contributed by atoms with E-state index in [4.69, 9.17) is 4.74 Å². The molecule has 0 aromatic carbocycles. The van der Waals surface area contributed by atoms with E-state index < -0.39 is 0 Å². The number of allylic oxidation sites excluding steroid dienone is 3. The van der Waals surface area contributed by atoms with Gasteiger partial charge in [0.05, 0.1) is 6.61 Å². The van der Waals surface area contributed by atoms with Crippen LogP contribution in [-0.2, 0) is 9.53 Å². The van der Waals surface area contributed by atoms with Crippen LogP contribution in [0.1, 0.15) is 80.6 Å². The average Bonchev–Trinajstić information content (AvgIpc) is 2.44. The van der Waals surface area contributed by atoms with Gasteiger partial charge >= 0.3 is 5.97 Å². The maximum absolute atomic E-state index is 11.7. The van der Waals surface area contributed by atoms with Gasteiger partial charge in [-0.1, -0.05) is 79.4 Å². The summed E-state index contributed by atoms with van der Waals surface area (Å²) in [5.41, 5.74) is 0.966. The number of esters is 1. The molecule has 0 aromatic rings. The highest BCUT2D eigenvalue weighted by atomic mass is 16.5. The molecule has 2 nitrogen and oxygen atoms in total. The second-order valence-electron chi connectivity index (χ2n) is 8.24. The predicted octanol–water partition coefficient (Wildman–Crippen LogP) is 6.32. The Kier molecular flexibility index (Phi) is 11.0. The Balaban J connectivity index is 4.04. The summed E-state index contributed by atoms with van der Waals surface area (Å²) in [6, 6.07) is 0. The highest BCUT2D eigenvalue weighted by Gasteiger charge is 2.12. The van der Waals surface area contributed by atoms with Crippen LogP contribution < -0.4 is 0 Å². The fourth-order valence-electron chi connectivity index (χ4n) is 2.19. The molecule has 0 saturated carbocycles. The first-order chi connectivity index (χ1) is 10.6. The zero-order valence-electron chi connectivity index (χ0n) is 16.4. The van der Waals surface area contributed by atoms with Gasteiger partial charge in [-0.3, -0.25) is 0 Å². The van der Waals surface area contributed by atoms with Crippen LogP contribution in [0.2, 0.25) is 0 Å². The van der Waals surface area contributed by atoms with Crippen molar-refractivity contribution in [2.24, 2.45) is 17.3 Å². The van der Waals surface area contributed by atoms with Gasteiger partial charge in [0.2, 0.25) is 0 Å². The van der Waals surface area contributed by atoms with Crippen LogP contribution in [0.3, 0.4) is 0 Å². The van der Waals surface area contributed by atoms with Crippen molar-refractivity contribution in [3.8, 4) is 0 Å². The van der Waals surface area contributed by atoms with Crippen molar-refractivity contribution in [1.29, 1.82) is 0 Å². The van der Waals surface area contributed by atoms with Gasteiger partial charge in [-0.15, -0.1) is 0 Å². The van der Waals surface area contributed by atoms with Gasteiger partial charge in [0.15, 0.2) is 0 Å². The van der Waals surface area contributed by atoms with E-state index in [0.29, 0.717) is 12.5 Å². The maximum atomic E-state index is 11.7. The van der Waals surface area contributed by atoms with Crippen molar-refractivity contribution in [2.45, 2.75) is 80.6 Å². The molecule has 0 aliphatic rings. The van der Waals surface area contributed by atoms with E-state index in [1.807, 2.05) is 13.0 Å². The minimum Gasteiger partial charge on any atom is -0.462 e. The lowest BCUT2D eigenvalue weighted by Gasteiger charge is -2.16. The Morgan fingerprint density at radius 2 is 1.74 bits per heavy atom. The Morgan fingerprint density at radius 1 is 1.13 bits per heavy atom. The number of carbonyl (C=O) groups excluding carboxylic acids is 1. The molecule has 0 rings (SSSR count). The first-order valence-electron chi connectivity index (χ1n) is 9.15. The third-order valence-electron chi connectivity index (χ3n) is 4.00. The largest absolute Gasteiger partial charge is 0.462 e. The van der Waals surface area contributed by atoms with Crippen molar-refractivity contribution in [1.82, 2.24) is 0 Å². The lowest BCUT2D eigenvalue weighted by atomic mass is 9.95. The second-order valence-corrected chi connectivity index (χ2v) is 8.24. The Bertz CT molecular complexity index is 385. The van der Waals surface area contributed by atoms with Gasteiger partial charge in [0.25, 0.3) is 0 Å². The summed E-state index contributed by atoms with van der Waals surface area (Å²) in [6.07, 6.45) is 12.1. The van der Waals surface area contributed by atoms with Crippen LogP contribution >= 0.6 is 0 Å². The molecule has 0 radical (unpaired) electrons. The molecule has 0 amide bonds. The molecule has 0 spiro atoms. The van der Waals surface area contributed by atoms with Crippen molar-refractivity contribution in [3.05, 3.63) is 23.8 Å². The average molecular weight is 323 g/mol. The lowest BCUT2D eigenvalue weighted by molar-refractivity contribution is -0.140. The Hall–Kier alpha value is -1.05. The van der Waals surface area contributed by atoms with Gasteiger partial charge in [-0.05, 0) is 36.2 Å². The van der Waals surface area contributed by atoms with Crippen molar-refractivity contribution >= 4 is 5.97 Å². The number of rotatable bonds is 10. The van der Waals surface area contributed by atoms with Gasteiger partial charge in [0.1, 0.15) is 0 Å². The second kappa shape index (κ2) is 11.5. The molecular weight excluding hydrogens is 284 g/mol. The summed E-state index contributed by atoms with van der Waals surface area (Å²) in [7, 11) is 0. The molecule has 0 fully saturated rings. The van der Waals surface area contributed by atoms with E-state index in [1.54, 1.807) is 6.08 Å². The third kappa shape index (κ3) is 14.3. The first-order valence-corrected chi connectivity index (χ1v) is 9.15. The van der Waals surface area contributed by atoms with E-state index in [9.17, 15) is 4.79 Å². The summed E-state index contributed by atoms with van der Waals surface area (Å²) in [4.78, 5) is 11.7. The predicted molar refractivity (Wildman–Crippen MR) is 100 cm³/mol. The van der Waals surface area contributed by atoms with E-state index in [1.165, 1.54) is 25.7 Å². The SMILES string of the molecule is CCC(C)CCCC(C)CC=CC(C)=CC(=O)OCC(C)(C)C. The molecule has 2 heteroatoms. The zero-order valence-corrected chi connectivity index (χ0v) is 16.4. The zero-order chi connectivity index (χ0) is 17.9. The van der Waals surface area contributed by atoms with E-state index in [-0.39, 0.29) is 11.4 Å². The topological polar surface area (TPSA) is 26.3 Å². The molecular formula is C21H38O2. The van der Waals surface area contributed by atoms with Crippen molar-refractivity contribution < 1.29 is 9.53 Å². The van der Waals surface area contributed by atoms with Gasteiger partial charge in [-0.25, -0.2) is 4.79 Å². The van der Waals surface area contributed by atoms with Crippen LogP contribution in [-0.4, -0.2) is 12.6 Å². The lowest BCUT2D eigenvalue weighted by Crippen LogP contribution is -2.17. The standard InChI is InChI=1S/C21H38O2/c1-8-17(2)11-9-12-18(3)13-10-14-19(4)15-20(22)23-16-21(5,6)7/h10,14-15,17-18H,8-9,11-13,16H2,1-7H3. The minimum atomic E-state index is -0.247. The third-order valence-corrected chi connectivity index (χ3v) is 4.00. The summed E-state index contributed by atoms with van der Waals surface area (Å²) in [6.45, 7) is 15.5. The minimum absolute atomic E-state index is 0.0119. The smallest absolute Gasteiger partial charge is 0.331 e. The van der Waals surface area contributed by atoms with E-state index >= 15 is 0 Å². The molecule has 23 heavy (non-hydrogen) atoms. The normalized spacial score (nSPS) is 15.7. The summed E-state index contributed by atoms with van der Waals surface area (Å²) in [5, 5.41) is 0. The van der Waals surface area contributed by atoms with E-state index in [2.05, 4.69) is 47.6 Å². The van der Waals surface area contributed by atoms with Crippen LogP contribution in [0.5, 0.6) is 0 Å². The Morgan fingerprint density at radius 3 is 2.30 bits per heavy atom.